The molecular weight excluding hydrogens is 238 g/mol. The highest BCUT2D eigenvalue weighted by Crippen LogP contribution is 2.33. The van der Waals surface area contributed by atoms with E-state index in [2.05, 4.69) is 11.9 Å². The van der Waals surface area contributed by atoms with Crippen LogP contribution in [0.4, 0.5) is 4.79 Å². The van der Waals surface area contributed by atoms with E-state index in [0.29, 0.717) is 6.42 Å². The van der Waals surface area contributed by atoms with Crippen LogP contribution in [0, 0.1) is 0 Å². The predicted molar refractivity (Wildman–Crippen MR) is 62.9 cm³/mol. The molecule has 1 amide bonds. The number of carbonyl (C=O) groups is 1. The van der Waals surface area contributed by atoms with Crippen LogP contribution in [0.1, 0.15) is 20.3 Å². The molecule has 6 nitrogen and oxygen atoms in total. The molecule has 0 unspecified atom stereocenters. The number of rotatable bonds is 4. The fourth-order valence-electron chi connectivity index (χ4n) is 2.44. The first-order chi connectivity index (χ1) is 8.46. The number of aliphatic hydroxyl groups is 1. The molecule has 18 heavy (non-hydrogen) atoms. The minimum absolute atomic E-state index is 0.165. The lowest BCUT2D eigenvalue weighted by Gasteiger charge is -2.24. The van der Waals surface area contributed by atoms with Crippen LogP contribution in [0.3, 0.4) is 0 Å². The summed E-state index contributed by atoms with van der Waals surface area (Å²) in [5.41, 5.74) is 0. The van der Waals surface area contributed by atoms with Crippen LogP contribution in [0.25, 0.3) is 0 Å². The normalized spacial score (nSPS) is 38.3. The Bertz CT molecular complexity index is 343. The Morgan fingerprint density at radius 1 is 1.44 bits per heavy atom. The molecule has 0 aromatic heterocycles. The molecule has 4 atom stereocenters. The maximum Gasteiger partial charge on any atom is 0.407 e. The van der Waals surface area contributed by atoms with Gasteiger partial charge >= 0.3 is 6.09 Å². The molecule has 0 radical (unpaired) electrons. The van der Waals surface area contributed by atoms with Crippen molar-refractivity contribution in [1.29, 1.82) is 0 Å². The van der Waals surface area contributed by atoms with E-state index in [0.717, 1.165) is 0 Å². The van der Waals surface area contributed by atoms with Crippen LogP contribution in [-0.2, 0) is 14.2 Å². The Kier molecular flexibility index (Phi) is 3.61. The van der Waals surface area contributed by atoms with Crippen molar-refractivity contribution in [3.8, 4) is 0 Å². The van der Waals surface area contributed by atoms with E-state index in [1.807, 2.05) is 0 Å². The summed E-state index contributed by atoms with van der Waals surface area (Å²) in [5, 5.41) is 12.0. The molecular formula is C12H19NO5. The van der Waals surface area contributed by atoms with Gasteiger partial charge in [0.1, 0.15) is 18.3 Å². The van der Waals surface area contributed by atoms with Crippen molar-refractivity contribution < 1.29 is 24.1 Å². The second-order valence-corrected chi connectivity index (χ2v) is 4.96. The molecule has 2 rings (SSSR count). The Labute approximate surface area is 106 Å². The van der Waals surface area contributed by atoms with Crippen molar-refractivity contribution in [3.63, 3.8) is 0 Å². The van der Waals surface area contributed by atoms with Gasteiger partial charge in [-0.15, -0.1) is 6.58 Å². The van der Waals surface area contributed by atoms with Crippen LogP contribution in [0.5, 0.6) is 0 Å². The van der Waals surface area contributed by atoms with E-state index in [-0.39, 0.29) is 18.8 Å². The standard InChI is InChI=1S/C12H19NO5/c1-4-5-7-9(13-11(15)16-7)10-8(6-14)17-12(2,3)18-10/h4,7-10,14H,1,5-6H2,2-3H3,(H,13,15)/t7-,8+,9+,10+/m0/s1. The van der Waals surface area contributed by atoms with Gasteiger partial charge in [0, 0.05) is 6.42 Å². The number of carbonyl (C=O) groups excluding carboxylic acids is 1. The van der Waals surface area contributed by atoms with E-state index in [9.17, 15) is 9.90 Å². The third-order valence-corrected chi connectivity index (χ3v) is 3.10. The molecule has 0 bridgehead atoms. The third kappa shape index (κ3) is 2.50. The predicted octanol–water partition coefficient (Wildman–Crippen LogP) is 0.552. The van der Waals surface area contributed by atoms with Gasteiger partial charge in [0.05, 0.1) is 12.6 Å². The lowest BCUT2D eigenvalue weighted by atomic mass is 9.99. The molecule has 102 valence electrons. The first-order valence-electron chi connectivity index (χ1n) is 6.01. The quantitative estimate of drug-likeness (QED) is 0.719. The van der Waals surface area contributed by atoms with Gasteiger partial charge in [-0.1, -0.05) is 6.08 Å². The topological polar surface area (TPSA) is 77.0 Å². The molecule has 0 spiro atoms. The number of hydrogen-bond acceptors (Lipinski definition) is 5. The molecule has 0 aromatic rings. The van der Waals surface area contributed by atoms with Crippen LogP contribution in [0.2, 0.25) is 0 Å². The molecule has 0 saturated carbocycles. The monoisotopic (exact) mass is 257 g/mol. The van der Waals surface area contributed by atoms with Crippen LogP contribution < -0.4 is 5.32 Å². The highest BCUT2D eigenvalue weighted by Gasteiger charge is 2.50. The van der Waals surface area contributed by atoms with Gasteiger partial charge in [-0.2, -0.15) is 0 Å². The smallest absolute Gasteiger partial charge is 0.407 e. The summed E-state index contributed by atoms with van der Waals surface area (Å²) >= 11 is 0. The van der Waals surface area contributed by atoms with Gasteiger partial charge in [-0.3, -0.25) is 0 Å². The Morgan fingerprint density at radius 2 is 2.17 bits per heavy atom. The molecule has 6 heteroatoms. The van der Waals surface area contributed by atoms with E-state index in [4.69, 9.17) is 14.2 Å². The van der Waals surface area contributed by atoms with Crippen LogP contribution in [0.15, 0.2) is 12.7 Å². The lowest BCUT2D eigenvalue weighted by Crippen LogP contribution is -2.48. The van der Waals surface area contributed by atoms with Crippen LogP contribution in [-0.4, -0.2) is 47.9 Å². The van der Waals surface area contributed by atoms with E-state index in [1.54, 1.807) is 19.9 Å². The van der Waals surface area contributed by atoms with Crippen molar-refractivity contribution in [2.24, 2.45) is 0 Å². The Hall–Kier alpha value is -1.11. The molecule has 2 aliphatic rings. The highest BCUT2D eigenvalue weighted by molar-refractivity contribution is 5.70. The van der Waals surface area contributed by atoms with Crippen molar-refractivity contribution in [2.75, 3.05) is 6.61 Å². The molecule has 0 aromatic carbocycles. The molecule has 2 fully saturated rings. The van der Waals surface area contributed by atoms with Crippen molar-refractivity contribution in [1.82, 2.24) is 5.32 Å². The Balaban J connectivity index is 2.13. The lowest BCUT2D eigenvalue weighted by molar-refractivity contribution is -0.151. The van der Waals surface area contributed by atoms with Crippen LogP contribution >= 0.6 is 0 Å². The largest absolute Gasteiger partial charge is 0.444 e. The molecule has 2 aliphatic heterocycles. The summed E-state index contributed by atoms with van der Waals surface area (Å²) in [6, 6.07) is -0.338. The van der Waals surface area contributed by atoms with E-state index in [1.165, 1.54) is 0 Å². The number of aliphatic hydroxyl groups excluding tert-OH is 1. The van der Waals surface area contributed by atoms with Gasteiger partial charge in [0.15, 0.2) is 5.79 Å². The summed E-state index contributed by atoms with van der Waals surface area (Å²) < 4.78 is 16.5. The Morgan fingerprint density at radius 3 is 2.78 bits per heavy atom. The zero-order valence-corrected chi connectivity index (χ0v) is 10.6. The van der Waals surface area contributed by atoms with Crippen molar-refractivity contribution >= 4 is 6.09 Å². The van der Waals surface area contributed by atoms with E-state index >= 15 is 0 Å². The summed E-state index contributed by atoms with van der Waals surface area (Å²) in [6.45, 7) is 7.02. The number of alkyl carbamates (subject to hydrolysis) is 1. The fourth-order valence-corrected chi connectivity index (χ4v) is 2.44. The maximum atomic E-state index is 11.3. The third-order valence-electron chi connectivity index (χ3n) is 3.10. The first-order valence-corrected chi connectivity index (χ1v) is 6.01. The highest BCUT2D eigenvalue weighted by atomic mass is 16.8. The average Bonchev–Trinajstić information content (AvgIpc) is 2.79. The van der Waals surface area contributed by atoms with Gasteiger partial charge in [0.25, 0.3) is 0 Å². The zero-order valence-electron chi connectivity index (χ0n) is 10.6. The number of cyclic esters (lactones) is 1. The van der Waals surface area contributed by atoms with Gasteiger partial charge in [-0.25, -0.2) is 4.79 Å². The second kappa shape index (κ2) is 4.87. The first kappa shape index (κ1) is 13.3. The van der Waals surface area contributed by atoms with E-state index < -0.39 is 24.1 Å². The molecule has 2 N–H and O–H groups in total. The number of hydrogen-bond donors (Lipinski definition) is 2. The van der Waals surface area contributed by atoms with Gasteiger partial charge < -0.3 is 24.6 Å². The number of nitrogens with one attached hydrogen (secondary N) is 1. The van der Waals surface area contributed by atoms with Gasteiger partial charge in [0.2, 0.25) is 0 Å². The summed E-state index contributed by atoms with van der Waals surface area (Å²) in [7, 11) is 0. The van der Waals surface area contributed by atoms with Crippen molar-refractivity contribution in [2.45, 2.75) is 50.4 Å². The molecule has 2 saturated heterocycles. The maximum absolute atomic E-state index is 11.3. The van der Waals surface area contributed by atoms with Crippen molar-refractivity contribution in [3.05, 3.63) is 12.7 Å². The SMILES string of the molecule is C=CC[C@@H]1OC(=O)N[C@H]1[C@@H]1OC(C)(C)O[C@@H]1CO. The molecule has 2 heterocycles. The average molecular weight is 257 g/mol. The number of ether oxygens (including phenoxy) is 3. The summed E-state index contributed by atoms with van der Waals surface area (Å²) in [5.74, 6) is -0.774. The number of amides is 1. The molecule has 0 aliphatic carbocycles. The zero-order chi connectivity index (χ0) is 13.3. The fraction of sp³-hybridized carbons (Fsp3) is 0.750. The summed E-state index contributed by atoms with van der Waals surface area (Å²) in [6.07, 6.45) is 0.499. The minimum atomic E-state index is -0.774. The van der Waals surface area contributed by atoms with Gasteiger partial charge in [-0.05, 0) is 13.8 Å². The minimum Gasteiger partial charge on any atom is -0.444 e. The summed E-state index contributed by atoms with van der Waals surface area (Å²) in [4.78, 5) is 11.3. The second-order valence-electron chi connectivity index (χ2n) is 4.96.